The number of carbonyl (C=O) groups is 1. The van der Waals surface area contributed by atoms with Gasteiger partial charge in [0.2, 0.25) is 15.9 Å². The molecule has 10 heteroatoms. The van der Waals surface area contributed by atoms with Gasteiger partial charge >= 0.3 is 4.87 Å². The zero-order chi connectivity index (χ0) is 20.3. The molecular formula is C18H25N3O5S2. The van der Waals surface area contributed by atoms with Crippen LogP contribution in [-0.4, -0.2) is 56.1 Å². The number of aromatic nitrogens is 1. The second-order valence-electron chi connectivity index (χ2n) is 6.82. The van der Waals surface area contributed by atoms with Crippen molar-refractivity contribution in [1.29, 1.82) is 0 Å². The number of benzene rings is 1. The van der Waals surface area contributed by atoms with Crippen LogP contribution in [0.25, 0.3) is 10.2 Å². The zero-order valence-electron chi connectivity index (χ0n) is 16.0. The Balaban J connectivity index is 1.78. The fraction of sp³-hybridized carbons (Fsp3) is 0.556. The number of nitrogens with zero attached hydrogens (tertiary/aromatic N) is 2. The van der Waals surface area contributed by atoms with E-state index in [1.165, 1.54) is 16.7 Å². The summed E-state index contributed by atoms with van der Waals surface area (Å²) >= 11 is 0.991. The smallest absolute Gasteiger partial charge is 0.308 e. The number of sulfonamides is 1. The van der Waals surface area contributed by atoms with Gasteiger partial charge in [-0.05, 0) is 31.5 Å². The Morgan fingerprint density at radius 1 is 1.32 bits per heavy atom. The molecule has 1 atom stereocenters. The van der Waals surface area contributed by atoms with Gasteiger partial charge in [-0.15, -0.1) is 0 Å². The molecule has 1 amide bonds. The van der Waals surface area contributed by atoms with Crippen molar-refractivity contribution in [2.45, 2.75) is 44.2 Å². The van der Waals surface area contributed by atoms with Crippen molar-refractivity contribution >= 4 is 37.5 Å². The lowest BCUT2D eigenvalue weighted by Gasteiger charge is -2.26. The van der Waals surface area contributed by atoms with Gasteiger partial charge in [-0.2, -0.15) is 0 Å². The summed E-state index contributed by atoms with van der Waals surface area (Å²) < 4.78 is 34.9. The van der Waals surface area contributed by atoms with E-state index in [0.29, 0.717) is 42.9 Å². The Morgan fingerprint density at radius 3 is 2.71 bits per heavy atom. The molecule has 0 spiro atoms. The largest absolute Gasteiger partial charge is 0.378 e. The van der Waals surface area contributed by atoms with Gasteiger partial charge in [0.05, 0.1) is 28.3 Å². The standard InChI is InChI=1S/C18H25N3O5S2/c1-3-13(2)19-28(24,25)14-4-5-15-16(12-14)27-18(23)21(15)7-6-17(22)20-8-10-26-11-9-20/h4-5,12-13,19H,3,6-11H2,1-2H3. The summed E-state index contributed by atoms with van der Waals surface area (Å²) in [6, 6.07) is 4.49. The molecule has 0 radical (unpaired) electrons. The Hall–Kier alpha value is -1.75. The number of aryl methyl sites for hydroxylation is 1. The molecular weight excluding hydrogens is 402 g/mol. The maximum absolute atomic E-state index is 12.5. The van der Waals surface area contributed by atoms with Crippen LogP contribution in [0.15, 0.2) is 27.9 Å². The van der Waals surface area contributed by atoms with E-state index >= 15 is 0 Å². The Labute approximate surface area is 168 Å². The monoisotopic (exact) mass is 427 g/mol. The summed E-state index contributed by atoms with van der Waals surface area (Å²) in [7, 11) is -3.63. The third-order valence-electron chi connectivity index (χ3n) is 4.83. The van der Waals surface area contributed by atoms with E-state index in [4.69, 9.17) is 4.74 Å². The van der Waals surface area contributed by atoms with E-state index in [9.17, 15) is 18.0 Å². The predicted molar refractivity (Wildman–Crippen MR) is 108 cm³/mol. The SMILES string of the molecule is CCC(C)NS(=O)(=O)c1ccc2c(c1)sc(=O)n2CCC(=O)N1CCOCC1. The van der Waals surface area contributed by atoms with Crippen molar-refractivity contribution in [2.75, 3.05) is 26.3 Å². The van der Waals surface area contributed by atoms with E-state index in [1.807, 2.05) is 6.92 Å². The van der Waals surface area contributed by atoms with E-state index in [0.717, 1.165) is 11.3 Å². The minimum absolute atomic E-state index is 0.00787. The number of nitrogens with one attached hydrogen (secondary N) is 1. The number of fused-ring (bicyclic) bond motifs is 1. The fourth-order valence-corrected chi connectivity index (χ4v) is 5.40. The lowest BCUT2D eigenvalue weighted by atomic mass is 10.3. The first-order valence-corrected chi connectivity index (χ1v) is 11.6. The van der Waals surface area contributed by atoms with E-state index in [1.54, 1.807) is 17.9 Å². The van der Waals surface area contributed by atoms with Crippen molar-refractivity contribution in [3.05, 3.63) is 27.9 Å². The molecule has 3 rings (SSSR count). The summed E-state index contributed by atoms with van der Waals surface area (Å²) in [6.45, 7) is 6.19. The number of morpholine rings is 1. The molecule has 0 bridgehead atoms. The highest BCUT2D eigenvalue weighted by molar-refractivity contribution is 7.89. The highest BCUT2D eigenvalue weighted by atomic mass is 32.2. The Morgan fingerprint density at radius 2 is 2.04 bits per heavy atom. The molecule has 1 N–H and O–H groups in total. The highest BCUT2D eigenvalue weighted by Crippen LogP contribution is 2.22. The van der Waals surface area contributed by atoms with Crippen LogP contribution in [0.3, 0.4) is 0 Å². The van der Waals surface area contributed by atoms with Crippen molar-refractivity contribution < 1.29 is 17.9 Å². The van der Waals surface area contributed by atoms with E-state index < -0.39 is 10.0 Å². The van der Waals surface area contributed by atoms with Crippen LogP contribution in [-0.2, 0) is 26.1 Å². The molecule has 0 aliphatic carbocycles. The van der Waals surface area contributed by atoms with Gasteiger partial charge in [0.15, 0.2) is 0 Å². The second-order valence-corrected chi connectivity index (χ2v) is 9.53. The quantitative estimate of drug-likeness (QED) is 0.720. The third-order valence-corrected chi connectivity index (χ3v) is 7.36. The average Bonchev–Trinajstić information content (AvgIpc) is 3.00. The second kappa shape index (κ2) is 8.73. The van der Waals surface area contributed by atoms with E-state index in [-0.39, 0.29) is 34.7 Å². The number of thiazole rings is 1. The molecule has 2 aromatic rings. The first-order valence-electron chi connectivity index (χ1n) is 9.33. The van der Waals surface area contributed by atoms with Gasteiger partial charge in [-0.25, -0.2) is 13.1 Å². The number of hydrogen-bond acceptors (Lipinski definition) is 6. The number of rotatable bonds is 7. The van der Waals surface area contributed by atoms with Crippen LogP contribution in [0.5, 0.6) is 0 Å². The summed E-state index contributed by atoms with van der Waals surface area (Å²) in [5, 5.41) is 0. The van der Waals surface area contributed by atoms with Crippen LogP contribution in [0.4, 0.5) is 0 Å². The van der Waals surface area contributed by atoms with Crippen molar-refractivity contribution in [1.82, 2.24) is 14.2 Å². The highest BCUT2D eigenvalue weighted by Gasteiger charge is 2.20. The first kappa shape index (κ1) is 21.0. The van der Waals surface area contributed by atoms with Crippen LogP contribution < -0.4 is 9.60 Å². The summed E-state index contributed by atoms with van der Waals surface area (Å²) in [4.78, 5) is 26.4. The van der Waals surface area contributed by atoms with E-state index in [2.05, 4.69) is 4.72 Å². The van der Waals surface area contributed by atoms with Gasteiger partial charge in [-0.1, -0.05) is 18.3 Å². The molecule has 1 aromatic heterocycles. The van der Waals surface area contributed by atoms with Crippen molar-refractivity contribution in [2.24, 2.45) is 0 Å². The normalized spacial score (nSPS) is 16.4. The molecule has 28 heavy (non-hydrogen) atoms. The minimum Gasteiger partial charge on any atom is -0.378 e. The van der Waals surface area contributed by atoms with Crippen molar-refractivity contribution in [3.63, 3.8) is 0 Å². The summed E-state index contributed by atoms with van der Waals surface area (Å²) in [5.74, 6) is -0.00787. The Kier molecular flexibility index (Phi) is 6.54. The Bertz CT molecular complexity index is 1010. The predicted octanol–water partition coefficient (Wildman–Crippen LogP) is 1.39. The molecule has 154 valence electrons. The average molecular weight is 428 g/mol. The molecule has 1 fully saturated rings. The van der Waals surface area contributed by atoms with Crippen molar-refractivity contribution in [3.8, 4) is 0 Å². The fourth-order valence-electron chi connectivity index (χ4n) is 3.02. The topological polar surface area (TPSA) is 97.7 Å². The molecule has 0 saturated carbocycles. The van der Waals surface area contributed by atoms with Gasteiger partial charge in [0.1, 0.15) is 0 Å². The number of hydrogen-bond donors (Lipinski definition) is 1. The van der Waals surface area contributed by atoms with Gasteiger partial charge in [0.25, 0.3) is 0 Å². The molecule has 2 heterocycles. The van der Waals surface area contributed by atoms with Crippen LogP contribution in [0.2, 0.25) is 0 Å². The lowest BCUT2D eigenvalue weighted by molar-refractivity contribution is -0.135. The summed E-state index contributed by atoms with van der Waals surface area (Å²) in [6.07, 6.45) is 0.906. The minimum atomic E-state index is -3.63. The number of carbonyl (C=O) groups excluding carboxylic acids is 1. The number of amides is 1. The van der Waals surface area contributed by atoms with Gasteiger partial charge in [-0.3, -0.25) is 14.2 Å². The van der Waals surface area contributed by atoms with Crippen LogP contribution >= 0.6 is 11.3 Å². The molecule has 1 aliphatic rings. The van der Waals surface area contributed by atoms with Gasteiger partial charge < -0.3 is 9.64 Å². The molecule has 1 saturated heterocycles. The maximum atomic E-state index is 12.5. The lowest BCUT2D eigenvalue weighted by Crippen LogP contribution is -2.41. The van der Waals surface area contributed by atoms with Gasteiger partial charge in [0, 0.05) is 32.1 Å². The number of ether oxygens (including phenoxy) is 1. The third kappa shape index (κ3) is 4.62. The molecule has 8 nitrogen and oxygen atoms in total. The van der Waals surface area contributed by atoms with Crippen LogP contribution in [0, 0.1) is 0 Å². The first-order chi connectivity index (χ1) is 13.3. The summed E-state index contributed by atoms with van der Waals surface area (Å²) in [5.41, 5.74) is 0.646. The zero-order valence-corrected chi connectivity index (χ0v) is 17.6. The molecule has 1 unspecified atom stereocenters. The molecule has 1 aromatic carbocycles. The maximum Gasteiger partial charge on any atom is 0.308 e. The molecule has 1 aliphatic heterocycles. The van der Waals surface area contributed by atoms with Crippen LogP contribution in [0.1, 0.15) is 26.7 Å².